The van der Waals surface area contributed by atoms with Gasteiger partial charge in [0.25, 0.3) is 5.56 Å². The van der Waals surface area contributed by atoms with Gasteiger partial charge in [0.15, 0.2) is 5.16 Å². The van der Waals surface area contributed by atoms with Crippen LogP contribution in [-0.2, 0) is 16.1 Å². The molecular formula is C22H31N3O3S. The molecule has 3 rings (SSSR count). The van der Waals surface area contributed by atoms with Crippen LogP contribution in [0.2, 0.25) is 0 Å². The topological polar surface area (TPSA) is 73.2 Å². The molecule has 1 N–H and O–H groups in total. The van der Waals surface area contributed by atoms with Crippen LogP contribution in [0.15, 0.2) is 34.2 Å². The van der Waals surface area contributed by atoms with Crippen molar-refractivity contribution in [2.45, 2.75) is 75.4 Å². The van der Waals surface area contributed by atoms with Crippen molar-refractivity contribution in [1.29, 1.82) is 0 Å². The Hall–Kier alpha value is -1.86. The number of amides is 1. The molecule has 1 aromatic carbocycles. The number of fused-ring (bicyclic) bond motifs is 1. The van der Waals surface area contributed by atoms with Crippen LogP contribution in [0.3, 0.4) is 0 Å². The fourth-order valence-corrected chi connectivity index (χ4v) is 4.62. The molecule has 0 radical (unpaired) electrons. The van der Waals surface area contributed by atoms with Crippen molar-refractivity contribution in [2.24, 2.45) is 0 Å². The van der Waals surface area contributed by atoms with Gasteiger partial charge in [-0.15, -0.1) is 0 Å². The summed E-state index contributed by atoms with van der Waals surface area (Å²) in [5.41, 5.74) is 0.607. The number of hydrogen-bond donors (Lipinski definition) is 1. The minimum Gasteiger partial charge on any atom is -0.382 e. The number of rotatable bonds is 9. The van der Waals surface area contributed by atoms with Gasteiger partial charge in [0.1, 0.15) is 0 Å². The lowest BCUT2D eigenvalue weighted by atomic mass is 9.95. The van der Waals surface area contributed by atoms with Crippen molar-refractivity contribution < 1.29 is 9.53 Å². The third kappa shape index (κ3) is 5.82. The zero-order chi connectivity index (χ0) is 20.6. The van der Waals surface area contributed by atoms with Crippen molar-refractivity contribution in [3.05, 3.63) is 34.6 Å². The summed E-state index contributed by atoms with van der Waals surface area (Å²) in [7, 11) is 0. The normalized spacial score (nSPS) is 16.1. The van der Waals surface area contributed by atoms with Crippen LogP contribution in [0.1, 0.15) is 52.4 Å². The van der Waals surface area contributed by atoms with Gasteiger partial charge in [0.05, 0.1) is 16.2 Å². The second-order valence-electron chi connectivity index (χ2n) is 7.52. The second kappa shape index (κ2) is 10.8. The largest absolute Gasteiger partial charge is 0.382 e. The number of para-hydroxylation sites is 1. The third-order valence-corrected chi connectivity index (χ3v) is 6.39. The highest BCUT2D eigenvalue weighted by Crippen LogP contribution is 2.24. The SMILES string of the molecule is CCOCCCn1c(SC(C)C(=O)NC2CCCCC2)nc2ccccc2c1=O. The molecule has 7 heteroatoms. The van der Waals surface area contributed by atoms with E-state index in [1.165, 1.54) is 31.0 Å². The molecule has 1 aliphatic rings. The number of carbonyl (C=O) groups is 1. The lowest BCUT2D eigenvalue weighted by Gasteiger charge is -2.24. The summed E-state index contributed by atoms with van der Waals surface area (Å²) in [5, 5.41) is 4.06. The van der Waals surface area contributed by atoms with Gasteiger partial charge in [-0.1, -0.05) is 43.2 Å². The van der Waals surface area contributed by atoms with E-state index in [2.05, 4.69) is 5.32 Å². The van der Waals surface area contributed by atoms with Gasteiger partial charge >= 0.3 is 0 Å². The second-order valence-corrected chi connectivity index (χ2v) is 8.83. The number of carbonyl (C=O) groups excluding carboxylic acids is 1. The quantitative estimate of drug-likeness (QED) is 0.382. The number of ether oxygens (including phenoxy) is 1. The van der Waals surface area contributed by atoms with Crippen LogP contribution >= 0.6 is 11.8 Å². The Kier molecular flexibility index (Phi) is 8.12. The number of aromatic nitrogens is 2. The van der Waals surface area contributed by atoms with E-state index < -0.39 is 0 Å². The van der Waals surface area contributed by atoms with Gasteiger partial charge in [-0.2, -0.15) is 0 Å². The van der Waals surface area contributed by atoms with Crippen molar-refractivity contribution in [3.8, 4) is 0 Å². The molecule has 1 heterocycles. The van der Waals surface area contributed by atoms with E-state index in [0.29, 0.717) is 35.8 Å². The molecule has 1 fully saturated rings. The molecule has 1 aliphatic carbocycles. The van der Waals surface area contributed by atoms with E-state index in [1.54, 1.807) is 10.6 Å². The molecule has 6 nitrogen and oxygen atoms in total. The molecule has 1 unspecified atom stereocenters. The van der Waals surface area contributed by atoms with Crippen molar-refractivity contribution >= 4 is 28.6 Å². The summed E-state index contributed by atoms with van der Waals surface area (Å²) >= 11 is 1.36. The first-order chi connectivity index (χ1) is 14.1. The summed E-state index contributed by atoms with van der Waals surface area (Å²) < 4.78 is 7.11. The lowest BCUT2D eigenvalue weighted by molar-refractivity contribution is -0.121. The Labute approximate surface area is 176 Å². The van der Waals surface area contributed by atoms with E-state index >= 15 is 0 Å². The lowest BCUT2D eigenvalue weighted by Crippen LogP contribution is -2.40. The Morgan fingerprint density at radius 2 is 2.07 bits per heavy atom. The van der Waals surface area contributed by atoms with Crippen LogP contribution in [0.5, 0.6) is 0 Å². The molecule has 158 valence electrons. The standard InChI is InChI=1S/C22H31N3O3S/c1-3-28-15-9-14-25-21(27)18-12-7-8-13-19(18)24-22(25)29-16(2)20(26)23-17-10-5-4-6-11-17/h7-8,12-13,16-17H,3-6,9-11,14-15H2,1-2H3,(H,23,26). The zero-order valence-corrected chi connectivity index (χ0v) is 18.2. The van der Waals surface area contributed by atoms with Crippen LogP contribution < -0.4 is 10.9 Å². The molecule has 1 aromatic heterocycles. The molecule has 0 aliphatic heterocycles. The minimum absolute atomic E-state index is 0.0187. The van der Waals surface area contributed by atoms with E-state index in [-0.39, 0.29) is 22.8 Å². The first kappa shape index (κ1) is 21.8. The average Bonchev–Trinajstić information content (AvgIpc) is 2.73. The fraction of sp³-hybridized carbons (Fsp3) is 0.591. The Morgan fingerprint density at radius 1 is 1.31 bits per heavy atom. The molecule has 0 bridgehead atoms. The summed E-state index contributed by atoms with van der Waals surface area (Å²) in [6.07, 6.45) is 6.45. The third-order valence-electron chi connectivity index (χ3n) is 5.30. The van der Waals surface area contributed by atoms with Gasteiger partial charge in [-0.05, 0) is 45.2 Å². The first-order valence-corrected chi connectivity index (χ1v) is 11.5. The molecule has 0 saturated heterocycles. The van der Waals surface area contributed by atoms with Crippen LogP contribution in [0.4, 0.5) is 0 Å². The van der Waals surface area contributed by atoms with Gasteiger partial charge in [0.2, 0.25) is 5.91 Å². The Bertz CT molecular complexity index is 877. The maximum atomic E-state index is 13.0. The highest BCUT2D eigenvalue weighted by atomic mass is 32.2. The summed E-state index contributed by atoms with van der Waals surface area (Å²) in [5.74, 6) is 0.0187. The number of nitrogens with one attached hydrogen (secondary N) is 1. The van der Waals surface area contributed by atoms with Crippen LogP contribution in [-0.4, -0.2) is 40.0 Å². The van der Waals surface area contributed by atoms with Crippen molar-refractivity contribution in [1.82, 2.24) is 14.9 Å². The van der Waals surface area contributed by atoms with Crippen molar-refractivity contribution in [2.75, 3.05) is 13.2 Å². The van der Waals surface area contributed by atoms with Gasteiger partial charge in [0, 0.05) is 25.8 Å². The Balaban J connectivity index is 1.78. The number of thioether (sulfide) groups is 1. The number of benzene rings is 1. The van der Waals surface area contributed by atoms with Crippen molar-refractivity contribution in [3.63, 3.8) is 0 Å². The predicted octanol–water partition coefficient (Wildman–Crippen LogP) is 3.75. The van der Waals surface area contributed by atoms with Crippen LogP contribution in [0, 0.1) is 0 Å². The molecule has 1 amide bonds. The molecule has 1 saturated carbocycles. The fourth-order valence-electron chi connectivity index (χ4n) is 3.68. The monoisotopic (exact) mass is 417 g/mol. The molecular weight excluding hydrogens is 386 g/mol. The van der Waals surface area contributed by atoms with E-state index in [9.17, 15) is 9.59 Å². The van der Waals surface area contributed by atoms with Gasteiger partial charge in [-0.3, -0.25) is 14.2 Å². The Morgan fingerprint density at radius 3 is 2.83 bits per heavy atom. The number of hydrogen-bond acceptors (Lipinski definition) is 5. The maximum Gasteiger partial charge on any atom is 0.262 e. The highest BCUT2D eigenvalue weighted by Gasteiger charge is 2.22. The molecule has 1 atom stereocenters. The predicted molar refractivity (Wildman–Crippen MR) is 117 cm³/mol. The van der Waals surface area contributed by atoms with Gasteiger partial charge < -0.3 is 10.1 Å². The summed E-state index contributed by atoms with van der Waals surface area (Å²) in [4.78, 5) is 30.5. The highest BCUT2D eigenvalue weighted by molar-refractivity contribution is 8.00. The summed E-state index contributed by atoms with van der Waals surface area (Å²) in [6, 6.07) is 7.65. The zero-order valence-electron chi connectivity index (χ0n) is 17.4. The van der Waals surface area contributed by atoms with E-state index in [0.717, 1.165) is 19.3 Å². The number of nitrogens with zero attached hydrogens (tertiary/aromatic N) is 2. The van der Waals surface area contributed by atoms with E-state index in [1.807, 2.05) is 32.0 Å². The molecule has 0 spiro atoms. The van der Waals surface area contributed by atoms with Crippen LogP contribution in [0.25, 0.3) is 10.9 Å². The average molecular weight is 418 g/mol. The maximum absolute atomic E-state index is 13.0. The smallest absolute Gasteiger partial charge is 0.262 e. The minimum atomic E-state index is -0.317. The molecule has 29 heavy (non-hydrogen) atoms. The summed E-state index contributed by atoms with van der Waals surface area (Å²) in [6.45, 7) is 5.62. The van der Waals surface area contributed by atoms with Gasteiger partial charge in [-0.25, -0.2) is 4.98 Å². The van der Waals surface area contributed by atoms with E-state index in [4.69, 9.17) is 9.72 Å². The first-order valence-electron chi connectivity index (χ1n) is 10.6. The molecule has 2 aromatic rings.